The van der Waals surface area contributed by atoms with E-state index in [9.17, 15) is 0 Å². The zero-order chi connectivity index (χ0) is 7.57. The molecule has 11 heavy (non-hydrogen) atoms. The Labute approximate surface area is 67.8 Å². The lowest BCUT2D eigenvalue weighted by Crippen LogP contribution is -2.38. The fraction of sp³-hybridized carbons (Fsp3) is 1.00. The van der Waals surface area contributed by atoms with Crippen LogP contribution in [0.15, 0.2) is 0 Å². The molecule has 0 unspecified atom stereocenters. The van der Waals surface area contributed by atoms with Crippen LogP contribution in [0.3, 0.4) is 0 Å². The Kier molecular flexibility index (Phi) is 2.14. The van der Waals surface area contributed by atoms with Crippen molar-refractivity contribution in [3.8, 4) is 0 Å². The molecule has 2 heteroatoms. The van der Waals surface area contributed by atoms with Crippen LogP contribution < -0.4 is 0 Å². The van der Waals surface area contributed by atoms with Gasteiger partial charge in [0.15, 0.2) is 0 Å². The standard InChI is InChI=1S/C9H16O2/c1-2-5-9(6-3-1)7-4-8-10-11-9/h1-8H2. The first-order chi connectivity index (χ1) is 5.41. The van der Waals surface area contributed by atoms with Gasteiger partial charge < -0.3 is 0 Å². The van der Waals surface area contributed by atoms with E-state index in [0.29, 0.717) is 0 Å². The lowest BCUT2D eigenvalue weighted by molar-refractivity contribution is -0.389. The Morgan fingerprint density at radius 2 is 1.55 bits per heavy atom. The topological polar surface area (TPSA) is 18.5 Å². The van der Waals surface area contributed by atoms with Crippen LogP contribution in [0.1, 0.15) is 44.9 Å². The van der Waals surface area contributed by atoms with Crippen LogP contribution in [-0.4, -0.2) is 12.2 Å². The molecular weight excluding hydrogens is 140 g/mol. The van der Waals surface area contributed by atoms with Crippen LogP contribution in [0.2, 0.25) is 0 Å². The van der Waals surface area contributed by atoms with Crippen LogP contribution >= 0.6 is 0 Å². The molecule has 0 aromatic heterocycles. The van der Waals surface area contributed by atoms with Crippen LogP contribution in [0.25, 0.3) is 0 Å². The minimum Gasteiger partial charge on any atom is -0.236 e. The third kappa shape index (κ3) is 1.57. The van der Waals surface area contributed by atoms with Crippen LogP contribution in [0.4, 0.5) is 0 Å². The second kappa shape index (κ2) is 3.11. The second-order valence-corrected chi connectivity index (χ2v) is 3.75. The molecule has 1 aliphatic heterocycles. The summed E-state index contributed by atoms with van der Waals surface area (Å²) in [6, 6.07) is 0. The fourth-order valence-corrected chi connectivity index (χ4v) is 2.19. The van der Waals surface area contributed by atoms with Crippen molar-refractivity contribution in [3.05, 3.63) is 0 Å². The van der Waals surface area contributed by atoms with Gasteiger partial charge in [-0.15, -0.1) is 0 Å². The van der Waals surface area contributed by atoms with E-state index in [1.54, 1.807) is 0 Å². The highest BCUT2D eigenvalue weighted by atomic mass is 17.2. The second-order valence-electron chi connectivity index (χ2n) is 3.75. The predicted octanol–water partition coefficient (Wildman–Crippen LogP) is 2.43. The van der Waals surface area contributed by atoms with E-state index in [0.717, 1.165) is 6.61 Å². The molecule has 2 fully saturated rings. The third-order valence-electron chi connectivity index (χ3n) is 2.86. The average molecular weight is 156 g/mol. The maximum Gasteiger partial charge on any atom is 0.104 e. The molecule has 1 saturated heterocycles. The first-order valence-electron chi connectivity index (χ1n) is 4.72. The van der Waals surface area contributed by atoms with Crippen molar-refractivity contribution in [3.63, 3.8) is 0 Å². The van der Waals surface area contributed by atoms with Crippen LogP contribution in [-0.2, 0) is 9.78 Å². The van der Waals surface area contributed by atoms with E-state index in [1.165, 1.54) is 44.9 Å². The summed E-state index contributed by atoms with van der Waals surface area (Å²) in [7, 11) is 0. The maximum absolute atomic E-state index is 5.41. The Balaban J connectivity index is 1.94. The van der Waals surface area contributed by atoms with Crippen molar-refractivity contribution in [1.82, 2.24) is 0 Å². The van der Waals surface area contributed by atoms with Gasteiger partial charge in [0, 0.05) is 0 Å². The molecule has 1 heterocycles. The molecule has 0 N–H and O–H groups in total. The Morgan fingerprint density at radius 1 is 0.818 bits per heavy atom. The fourth-order valence-electron chi connectivity index (χ4n) is 2.19. The van der Waals surface area contributed by atoms with Gasteiger partial charge in [-0.3, -0.25) is 0 Å². The van der Waals surface area contributed by atoms with Gasteiger partial charge in [0.05, 0.1) is 6.61 Å². The van der Waals surface area contributed by atoms with E-state index < -0.39 is 0 Å². The predicted molar refractivity (Wildman–Crippen MR) is 42.1 cm³/mol. The molecule has 1 aliphatic carbocycles. The quantitative estimate of drug-likeness (QED) is 0.501. The van der Waals surface area contributed by atoms with Gasteiger partial charge >= 0.3 is 0 Å². The number of rotatable bonds is 0. The molecule has 1 saturated carbocycles. The summed E-state index contributed by atoms with van der Waals surface area (Å²) < 4.78 is 0. The summed E-state index contributed by atoms with van der Waals surface area (Å²) in [6.45, 7) is 0.793. The smallest absolute Gasteiger partial charge is 0.104 e. The van der Waals surface area contributed by atoms with E-state index >= 15 is 0 Å². The highest BCUT2D eigenvalue weighted by Gasteiger charge is 2.35. The zero-order valence-corrected chi connectivity index (χ0v) is 6.97. The van der Waals surface area contributed by atoms with Crippen molar-refractivity contribution < 1.29 is 9.78 Å². The van der Waals surface area contributed by atoms with Gasteiger partial charge in [0.1, 0.15) is 5.60 Å². The molecule has 0 amide bonds. The molecule has 0 radical (unpaired) electrons. The maximum atomic E-state index is 5.41. The largest absolute Gasteiger partial charge is 0.236 e. The molecule has 0 aromatic carbocycles. The van der Waals surface area contributed by atoms with E-state index in [2.05, 4.69) is 0 Å². The van der Waals surface area contributed by atoms with Gasteiger partial charge in [-0.25, -0.2) is 9.78 Å². The van der Waals surface area contributed by atoms with Crippen molar-refractivity contribution in [2.45, 2.75) is 50.5 Å². The van der Waals surface area contributed by atoms with Crippen LogP contribution in [0, 0.1) is 0 Å². The SMILES string of the molecule is C1CCC2(CC1)CCCOO2. The van der Waals surface area contributed by atoms with E-state index in [4.69, 9.17) is 9.78 Å². The Hall–Kier alpha value is -0.0800. The highest BCUT2D eigenvalue weighted by Crippen LogP contribution is 2.37. The summed E-state index contributed by atoms with van der Waals surface area (Å²) in [4.78, 5) is 10.5. The lowest BCUT2D eigenvalue weighted by atomic mass is 9.81. The van der Waals surface area contributed by atoms with Gasteiger partial charge in [0.2, 0.25) is 0 Å². The summed E-state index contributed by atoms with van der Waals surface area (Å²) in [5, 5.41) is 0. The molecule has 0 aromatic rings. The monoisotopic (exact) mass is 156 g/mol. The van der Waals surface area contributed by atoms with Gasteiger partial charge in [0.25, 0.3) is 0 Å². The summed E-state index contributed by atoms with van der Waals surface area (Å²) in [5.41, 5.74) is 0.135. The molecule has 0 bridgehead atoms. The first kappa shape index (κ1) is 7.56. The zero-order valence-electron chi connectivity index (χ0n) is 6.97. The molecule has 1 spiro atoms. The minimum atomic E-state index is 0.135. The Bertz CT molecular complexity index is 102. The molecule has 2 rings (SSSR count). The Morgan fingerprint density at radius 3 is 2.18 bits per heavy atom. The van der Waals surface area contributed by atoms with Gasteiger partial charge in [-0.2, -0.15) is 0 Å². The lowest BCUT2D eigenvalue weighted by Gasteiger charge is -2.38. The van der Waals surface area contributed by atoms with Crippen molar-refractivity contribution in [2.75, 3.05) is 6.61 Å². The summed E-state index contributed by atoms with van der Waals surface area (Å²) >= 11 is 0. The molecule has 64 valence electrons. The molecular formula is C9H16O2. The van der Waals surface area contributed by atoms with Gasteiger partial charge in [-0.1, -0.05) is 19.3 Å². The van der Waals surface area contributed by atoms with E-state index in [1.807, 2.05) is 0 Å². The van der Waals surface area contributed by atoms with Gasteiger partial charge in [-0.05, 0) is 25.7 Å². The molecule has 2 aliphatic rings. The summed E-state index contributed by atoms with van der Waals surface area (Å²) in [5.74, 6) is 0. The highest BCUT2D eigenvalue weighted by molar-refractivity contribution is 4.84. The summed E-state index contributed by atoms with van der Waals surface area (Å²) in [6.07, 6.45) is 8.85. The first-order valence-corrected chi connectivity index (χ1v) is 4.72. The van der Waals surface area contributed by atoms with Crippen molar-refractivity contribution >= 4 is 0 Å². The molecule has 0 atom stereocenters. The average Bonchev–Trinajstić information content (AvgIpc) is 2.07. The number of hydrogen-bond donors (Lipinski definition) is 0. The number of hydrogen-bond acceptors (Lipinski definition) is 2. The van der Waals surface area contributed by atoms with Crippen molar-refractivity contribution in [2.24, 2.45) is 0 Å². The van der Waals surface area contributed by atoms with Crippen LogP contribution in [0.5, 0.6) is 0 Å². The minimum absolute atomic E-state index is 0.135. The third-order valence-corrected chi connectivity index (χ3v) is 2.86. The van der Waals surface area contributed by atoms with Crippen molar-refractivity contribution in [1.29, 1.82) is 0 Å². The molecule has 2 nitrogen and oxygen atoms in total. The van der Waals surface area contributed by atoms with E-state index in [-0.39, 0.29) is 5.60 Å². The normalized spacial score (nSPS) is 30.5.